The van der Waals surface area contributed by atoms with Gasteiger partial charge in [0.2, 0.25) is 0 Å². The second-order valence-corrected chi connectivity index (χ2v) is 10.2. The van der Waals surface area contributed by atoms with Gasteiger partial charge in [0.05, 0.1) is 12.1 Å². The number of aromatic nitrogens is 1. The fraction of sp³-hybridized carbons (Fsp3) is 0.364. The molecule has 1 aliphatic heterocycles. The van der Waals surface area contributed by atoms with Gasteiger partial charge in [-0.05, 0) is 65.8 Å². The zero-order chi connectivity index (χ0) is 21.3. The Morgan fingerprint density at radius 2 is 1.80 bits per heavy atom. The van der Waals surface area contributed by atoms with Gasteiger partial charge in [0, 0.05) is 48.8 Å². The van der Waals surface area contributed by atoms with Crippen molar-refractivity contribution in [3.63, 3.8) is 0 Å². The lowest BCUT2D eigenvalue weighted by atomic mass is 10.1. The topological polar surface area (TPSA) is 54.8 Å². The van der Waals surface area contributed by atoms with Crippen molar-refractivity contribution >= 4 is 36.9 Å². The molecule has 2 aromatic carbocycles. The number of nitrogens with zero attached hydrogens (tertiary/aromatic N) is 3. The Balaban J connectivity index is 1.81. The lowest BCUT2D eigenvalue weighted by molar-refractivity contribution is 0.148. The van der Waals surface area contributed by atoms with E-state index in [9.17, 15) is 8.42 Å². The first kappa shape index (κ1) is 21.4. The van der Waals surface area contributed by atoms with E-state index < -0.39 is 10.0 Å². The molecule has 3 aromatic rings. The van der Waals surface area contributed by atoms with Gasteiger partial charge in [0.15, 0.2) is 0 Å². The first-order valence-corrected chi connectivity index (χ1v) is 12.3. The second kappa shape index (κ2) is 8.70. The largest absolute Gasteiger partial charge is 0.494 e. The smallest absolute Gasteiger partial charge is 0.269 e. The van der Waals surface area contributed by atoms with Crippen molar-refractivity contribution in [3.05, 3.63) is 58.7 Å². The first-order valence-electron chi connectivity index (χ1n) is 10.1. The quantitative estimate of drug-likeness (QED) is 0.524. The monoisotopic (exact) mass is 491 g/mol. The van der Waals surface area contributed by atoms with Crippen LogP contribution in [0, 0.1) is 0 Å². The molecule has 0 aliphatic carbocycles. The molecule has 1 aromatic heterocycles. The Hall–Kier alpha value is -1.87. The van der Waals surface area contributed by atoms with E-state index in [4.69, 9.17) is 4.74 Å². The van der Waals surface area contributed by atoms with Gasteiger partial charge in [-0.3, -0.25) is 4.90 Å². The number of piperazine rings is 1. The summed E-state index contributed by atoms with van der Waals surface area (Å²) in [6.45, 7) is 7.17. The molecule has 0 saturated carbocycles. The van der Waals surface area contributed by atoms with E-state index in [2.05, 4.69) is 32.8 Å². The molecule has 0 radical (unpaired) electrons. The highest BCUT2D eigenvalue weighted by molar-refractivity contribution is 9.10. The normalized spacial score (nSPS) is 16.2. The molecule has 30 heavy (non-hydrogen) atoms. The van der Waals surface area contributed by atoms with E-state index in [1.54, 1.807) is 24.4 Å². The van der Waals surface area contributed by atoms with Crippen LogP contribution in [-0.2, 0) is 16.6 Å². The van der Waals surface area contributed by atoms with Gasteiger partial charge in [-0.1, -0.05) is 12.1 Å². The van der Waals surface area contributed by atoms with Gasteiger partial charge < -0.3 is 9.64 Å². The maximum atomic E-state index is 13.5. The standard InChI is InChI=1S/C22H26BrN3O3S/c1-3-29-18-8-9-21-19(14-18)17(15-25-12-10-24(2)11-13-25)16-26(21)30(27,28)22-7-5-4-6-20(22)23/h4-9,14,16H,3,10-13,15H2,1-2H3. The van der Waals surface area contributed by atoms with Crippen LogP contribution in [0.25, 0.3) is 10.9 Å². The average Bonchev–Trinajstić information content (AvgIpc) is 3.09. The molecule has 0 amide bonds. The Morgan fingerprint density at radius 1 is 1.07 bits per heavy atom. The maximum absolute atomic E-state index is 13.5. The number of rotatable bonds is 6. The summed E-state index contributed by atoms with van der Waals surface area (Å²) >= 11 is 3.39. The molecule has 160 valence electrons. The van der Waals surface area contributed by atoms with Crippen LogP contribution in [0.15, 0.2) is 58.0 Å². The van der Waals surface area contributed by atoms with Crippen molar-refractivity contribution in [1.29, 1.82) is 0 Å². The third kappa shape index (κ3) is 4.14. The van der Waals surface area contributed by atoms with E-state index >= 15 is 0 Å². The third-order valence-electron chi connectivity index (χ3n) is 5.50. The van der Waals surface area contributed by atoms with Crippen molar-refractivity contribution in [2.24, 2.45) is 0 Å². The van der Waals surface area contributed by atoms with Gasteiger partial charge in [-0.15, -0.1) is 0 Å². The molecular formula is C22H26BrN3O3S. The zero-order valence-electron chi connectivity index (χ0n) is 17.2. The van der Waals surface area contributed by atoms with Crippen LogP contribution in [-0.4, -0.2) is 62.0 Å². The van der Waals surface area contributed by atoms with Crippen LogP contribution >= 0.6 is 15.9 Å². The van der Waals surface area contributed by atoms with Crippen LogP contribution in [0.2, 0.25) is 0 Å². The van der Waals surface area contributed by atoms with E-state index in [0.717, 1.165) is 42.9 Å². The fourth-order valence-electron chi connectivity index (χ4n) is 3.83. The molecule has 2 heterocycles. The number of fused-ring (bicyclic) bond motifs is 1. The molecule has 6 nitrogen and oxygen atoms in total. The maximum Gasteiger partial charge on any atom is 0.269 e. The summed E-state index contributed by atoms with van der Waals surface area (Å²) in [7, 11) is -1.62. The van der Waals surface area contributed by atoms with Crippen LogP contribution in [0.3, 0.4) is 0 Å². The number of hydrogen-bond donors (Lipinski definition) is 0. The SMILES string of the molecule is CCOc1ccc2c(c1)c(CN1CCN(C)CC1)cn2S(=O)(=O)c1ccccc1Br. The van der Waals surface area contributed by atoms with Gasteiger partial charge in [-0.25, -0.2) is 12.4 Å². The molecule has 0 N–H and O–H groups in total. The molecule has 0 atom stereocenters. The lowest BCUT2D eigenvalue weighted by Gasteiger charge is -2.32. The van der Waals surface area contributed by atoms with Crippen LogP contribution in [0.5, 0.6) is 5.75 Å². The minimum absolute atomic E-state index is 0.252. The highest BCUT2D eigenvalue weighted by Gasteiger charge is 2.25. The summed E-state index contributed by atoms with van der Waals surface area (Å²) < 4.78 is 34.7. The van der Waals surface area contributed by atoms with Gasteiger partial charge in [-0.2, -0.15) is 0 Å². The van der Waals surface area contributed by atoms with E-state index in [1.165, 1.54) is 3.97 Å². The number of ether oxygens (including phenoxy) is 1. The highest BCUT2D eigenvalue weighted by atomic mass is 79.9. The van der Waals surface area contributed by atoms with Gasteiger partial charge in [0.25, 0.3) is 10.0 Å². The highest BCUT2D eigenvalue weighted by Crippen LogP contribution is 2.32. The Morgan fingerprint density at radius 3 is 2.50 bits per heavy atom. The van der Waals surface area contributed by atoms with Crippen molar-refractivity contribution in [1.82, 2.24) is 13.8 Å². The molecule has 1 saturated heterocycles. The molecule has 1 aliphatic rings. The molecular weight excluding hydrogens is 466 g/mol. The molecule has 4 rings (SSSR count). The summed E-state index contributed by atoms with van der Waals surface area (Å²) in [4.78, 5) is 4.93. The predicted molar refractivity (Wildman–Crippen MR) is 123 cm³/mol. The van der Waals surface area contributed by atoms with Gasteiger partial charge in [0.1, 0.15) is 10.6 Å². The average molecular weight is 492 g/mol. The summed E-state index contributed by atoms with van der Waals surface area (Å²) in [5, 5.41) is 0.913. The minimum atomic E-state index is -3.75. The van der Waals surface area contributed by atoms with Crippen molar-refractivity contribution in [2.45, 2.75) is 18.4 Å². The predicted octanol–water partition coefficient (Wildman–Crippen LogP) is 3.79. The second-order valence-electron chi connectivity index (χ2n) is 7.58. The Labute approximate surface area is 186 Å². The fourth-order valence-corrected chi connectivity index (χ4v) is 6.19. The summed E-state index contributed by atoms with van der Waals surface area (Å²) in [6.07, 6.45) is 1.77. The van der Waals surface area contributed by atoms with Gasteiger partial charge >= 0.3 is 0 Å². The lowest BCUT2D eigenvalue weighted by Crippen LogP contribution is -2.43. The molecule has 0 unspecified atom stereocenters. The van der Waals surface area contributed by atoms with Crippen LogP contribution < -0.4 is 4.74 Å². The molecule has 8 heteroatoms. The summed E-state index contributed by atoms with van der Waals surface area (Å²) in [5.74, 6) is 0.751. The third-order valence-corrected chi connectivity index (χ3v) is 8.18. The number of hydrogen-bond acceptors (Lipinski definition) is 5. The van der Waals surface area contributed by atoms with Crippen LogP contribution in [0.4, 0.5) is 0 Å². The summed E-state index contributed by atoms with van der Waals surface area (Å²) in [5.41, 5.74) is 1.66. The molecule has 1 fully saturated rings. The van der Waals surface area contributed by atoms with Crippen molar-refractivity contribution < 1.29 is 13.2 Å². The molecule has 0 bridgehead atoms. The Bertz CT molecular complexity index is 1150. The number of benzene rings is 2. The first-order chi connectivity index (χ1) is 14.4. The van der Waals surface area contributed by atoms with Crippen molar-refractivity contribution in [3.8, 4) is 5.75 Å². The molecule has 0 spiro atoms. The van der Waals surface area contributed by atoms with Crippen molar-refractivity contribution in [2.75, 3.05) is 39.8 Å². The minimum Gasteiger partial charge on any atom is -0.494 e. The van der Waals surface area contributed by atoms with E-state index in [0.29, 0.717) is 23.1 Å². The summed E-state index contributed by atoms with van der Waals surface area (Å²) in [6, 6.07) is 12.5. The zero-order valence-corrected chi connectivity index (χ0v) is 19.6. The van der Waals surface area contributed by atoms with Crippen LogP contribution in [0.1, 0.15) is 12.5 Å². The van der Waals surface area contributed by atoms with E-state index in [1.807, 2.05) is 31.2 Å². The Kier molecular flexibility index (Phi) is 6.20. The van der Waals surface area contributed by atoms with E-state index in [-0.39, 0.29) is 4.90 Å². The number of halogens is 1. The number of likely N-dealkylation sites (N-methyl/N-ethyl adjacent to an activating group) is 1.